The van der Waals surface area contributed by atoms with E-state index in [9.17, 15) is 18.0 Å². The van der Waals surface area contributed by atoms with Gasteiger partial charge in [-0.1, -0.05) is 30.5 Å². The largest absolute Gasteiger partial charge is 0.352 e. The highest BCUT2D eigenvalue weighted by Gasteiger charge is 2.44. The van der Waals surface area contributed by atoms with Crippen LogP contribution in [0.2, 0.25) is 0 Å². The number of rotatable bonds is 4. The van der Waals surface area contributed by atoms with Gasteiger partial charge in [0.1, 0.15) is 6.04 Å². The molecule has 24 heavy (non-hydrogen) atoms. The predicted molar refractivity (Wildman–Crippen MR) is 88.6 cm³/mol. The lowest BCUT2D eigenvalue weighted by molar-refractivity contribution is -0.131. The van der Waals surface area contributed by atoms with Gasteiger partial charge >= 0.3 is 0 Å². The molecule has 0 spiro atoms. The second kappa shape index (κ2) is 6.55. The smallest absolute Gasteiger partial charge is 0.267 e. The lowest BCUT2D eigenvalue weighted by Gasteiger charge is -2.25. The molecule has 7 heteroatoms. The predicted octanol–water partition coefficient (Wildman–Crippen LogP) is 1.73. The molecule has 0 bridgehead atoms. The highest BCUT2D eigenvalue weighted by Crippen LogP contribution is 2.28. The van der Waals surface area contributed by atoms with E-state index in [0.29, 0.717) is 0 Å². The van der Waals surface area contributed by atoms with E-state index in [1.165, 1.54) is 12.1 Å². The molecule has 1 heterocycles. The van der Waals surface area contributed by atoms with E-state index in [1.807, 2.05) is 6.92 Å². The van der Waals surface area contributed by atoms with Gasteiger partial charge in [-0.05, 0) is 38.3 Å². The number of carbonyl (C=O) groups excluding carboxylic acids is 2. The molecule has 6 nitrogen and oxygen atoms in total. The Bertz CT molecular complexity index is 736. The van der Waals surface area contributed by atoms with Crippen LogP contribution in [0, 0.1) is 6.92 Å². The summed E-state index contributed by atoms with van der Waals surface area (Å²) in [5.41, 5.74) is 0.928. The molecule has 1 aliphatic heterocycles. The molecule has 1 N–H and O–H groups in total. The van der Waals surface area contributed by atoms with Crippen LogP contribution in [0.3, 0.4) is 0 Å². The zero-order valence-corrected chi connectivity index (χ0v) is 14.5. The number of hydrogen-bond donors (Lipinski definition) is 1. The molecule has 1 saturated carbocycles. The van der Waals surface area contributed by atoms with E-state index in [4.69, 9.17) is 0 Å². The summed E-state index contributed by atoms with van der Waals surface area (Å²) in [6.45, 7) is 1.86. The Morgan fingerprint density at radius 1 is 1.12 bits per heavy atom. The van der Waals surface area contributed by atoms with Crippen LogP contribution in [0.25, 0.3) is 0 Å². The molecule has 0 radical (unpaired) electrons. The van der Waals surface area contributed by atoms with Gasteiger partial charge in [0.2, 0.25) is 11.8 Å². The summed E-state index contributed by atoms with van der Waals surface area (Å²) in [6, 6.07) is 5.47. The molecule has 2 aliphatic rings. The SMILES string of the molecule is Cc1ccc(S(=O)(=O)N2C(=O)CCC2C(=O)NC2CCCC2)cc1. The number of nitrogens with one attached hydrogen (secondary N) is 1. The van der Waals surface area contributed by atoms with Crippen molar-refractivity contribution in [3.63, 3.8) is 0 Å². The maximum atomic E-state index is 12.8. The fourth-order valence-electron chi connectivity index (χ4n) is 3.39. The van der Waals surface area contributed by atoms with Gasteiger partial charge in [-0.2, -0.15) is 0 Å². The Morgan fingerprint density at radius 2 is 1.75 bits per heavy atom. The van der Waals surface area contributed by atoms with Gasteiger partial charge in [-0.3, -0.25) is 9.59 Å². The van der Waals surface area contributed by atoms with Crippen molar-refractivity contribution in [1.29, 1.82) is 0 Å². The number of benzene rings is 1. The quantitative estimate of drug-likeness (QED) is 0.896. The molecule has 1 unspecified atom stereocenters. The Balaban J connectivity index is 1.84. The molecule has 1 saturated heterocycles. The van der Waals surface area contributed by atoms with Crippen molar-refractivity contribution in [2.24, 2.45) is 0 Å². The molecular weight excluding hydrogens is 328 g/mol. The maximum Gasteiger partial charge on any atom is 0.267 e. The van der Waals surface area contributed by atoms with Crippen LogP contribution in [0.5, 0.6) is 0 Å². The summed E-state index contributed by atoms with van der Waals surface area (Å²) in [5.74, 6) is -0.870. The third-order valence-corrected chi connectivity index (χ3v) is 6.59. The average molecular weight is 350 g/mol. The van der Waals surface area contributed by atoms with E-state index in [0.717, 1.165) is 35.6 Å². The first-order valence-electron chi connectivity index (χ1n) is 8.34. The van der Waals surface area contributed by atoms with Crippen LogP contribution in [-0.2, 0) is 19.6 Å². The topological polar surface area (TPSA) is 83.6 Å². The highest BCUT2D eigenvalue weighted by atomic mass is 32.2. The van der Waals surface area contributed by atoms with Gasteiger partial charge in [-0.25, -0.2) is 12.7 Å². The lowest BCUT2D eigenvalue weighted by atomic mass is 10.2. The van der Waals surface area contributed by atoms with Crippen LogP contribution < -0.4 is 5.32 Å². The van der Waals surface area contributed by atoms with E-state index >= 15 is 0 Å². The van der Waals surface area contributed by atoms with Crippen molar-refractivity contribution in [2.45, 2.75) is 62.4 Å². The fraction of sp³-hybridized carbons (Fsp3) is 0.529. The molecule has 1 aromatic carbocycles. The second-order valence-electron chi connectivity index (χ2n) is 6.55. The van der Waals surface area contributed by atoms with Crippen molar-refractivity contribution in [3.8, 4) is 0 Å². The van der Waals surface area contributed by atoms with Crippen molar-refractivity contribution in [2.75, 3.05) is 0 Å². The van der Waals surface area contributed by atoms with Crippen molar-refractivity contribution < 1.29 is 18.0 Å². The Morgan fingerprint density at radius 3 is 2.38 bits per heavy atom. The molecule has 2 amide bonds. The van der Waals surface area contributed by atoms with Crippen molar-refractivity contribution in [1.82, 2.24) is 9.62 Å². The van der Waals surface area contributed by atoms with Crippen LogP contribution in [-0.4, -0.2) is 36.6 Å². The number of carbonyl (C=O) groups is 2. The first-order valence-corrected chi connectivity index (χ1v) is 9.78. The third kappa shape index (κ3) is 3.17. The van der Waals surface area contributed by atoms with Crippen molar-refractivity contribution >= 4 is 21.8 Å². The zero-order chi connectivity index (χ0) is 17.3. The molecule has 1 aromatic rings. The molecule has 130 valence electrons. The highest BCUT2D eigenvalue weighted by molar-refractivity contribution is 7.89. The first-order chi connectivity index (χ1) is 11.4. The first kappa shape index (κ1) is 17.0. The standard InChI is InChI=1S/C17H22N2O4S/c1-12-6-8-14(9-7-12)24(22,23)19-15(10-11-16(19)20)17(21)18-13-4-2-3-5-13/h6-9,13,15H,2-5,10-11H2,1H3,(H,18,21). The molecule has 3 rings (SSSR count). The number of amides is 2. The van der Waals surface area contributed by atoms with E-state index < -0.39 is 22.0 Å². The van der Waals surface area contributed by atoms with Gasteiger partial charge in [0.05, 0.1) is 4.90 Å². The van der Waals surface area contributed by atoms with E-state index in [-0.39, 0.29) is 29.7 Å². The lowest BCUT2D eigenvalue weighted by Crippen LogP contribution is -2.49. The summed E-state index contributed by atoms with van der Waals surface area (Å²) in [4.78, 5) is 24.7. The average Bonchev–Trinajstić information content (AvgIpc) is 3.17. The van der Waals surface area contributed by atoms with Crippen molar-refractivity contribution in [3.05, 3.63) is 29.8 Å². The maximum absolute atomic E-state index is 12.8. The van der Waals surface area contributed by atoms with E-state index in [1.54, 1.807) is 12.1 Å². The number of nitrogens with zero attached hydrogens (tertiary/aromatic N) is 1. The summed E-state index contributed by atoms with van der Waals surface area (Å²) in [6.07, 6.45) is 4.28. The number of aryl methyl sites for hydroxylation is 1. The van der Waals surface area contributed by atoms with E-state index in [2.05, 4.69) is 5.32 Å². The molecule has 1 atom stereocenters. The minimum atomic E-state index is -4.01. The van der Waals surface area contributed by atoms with Gasteiger partial charge in [0, 0.05) is 12.5 Å². The second-order valence-corrected chi connectivity index (χ2v) is 8.37. The molecule has 1 aliphatic carbocycles. The normalized spacial score (nSPS) is 22.1. The minimum Gasteiger partial charge on any atom is -0.352 e. The summed E-state index contributed by atoms with van der Waals surface area (Å²) in [7, 11) is -4.01. The Labute approximate surface area is 142 Å². The monoisotopic (exact) mass is 350 g/mol. The van der Waals surface area contributed by atoms with Crippen LogP contribution in [0.15, 0.2) is 29.2 Å². The molecule has 0 aromatic heterocycles. The van der Waals surface area contributed by atoms with Gasteiger partial charge in [0.25, 0.3) is 10.0 Å². The van der Waals surface area contributed by atoms with Crippen LogP contribution >= 0.6 is 0 Å². The Kier molecular flexibility index (Phi) is 4.62. The van der Waals surface area contributed by atoms with Gasteiger partial charge in [-0.15, -0.1) is 0 Å². The molecule has 2 fully saturated rings. The van der Waals surface area contributed by atoms with Gasteiger partial charge in [0.15, 0.2) is 0 Å². The zero-order valence-electron chi connectivity index (χ0n) is 13.7. The summed E-state index contributed by atoms with van der Waals surface area (Å²) in [5, 5.41) is 2.91. The number of hydrogen-bond acceptors (Lipinski definition) is 4. The fourth-order valence-corrected chi connectivity index (χ4v) is 4.99. The van der Waals surface area contributed by atoms with Crippen LogP contribution in [0.4, 0.5) is 0 Å². The molecular formula is C17H22N2O4S. The minimum absolute atomic E-state index is 0.0435. The summed E-state index contributed by atoms with van der Waals surface area (Å²) < 4.78 is 26.4. The number of sulfonamides is 1. The summed E-state index contributed by atoms with van der Waals surface area (Å²) >= 11 is 0. The van der Waals surface area contributed by atoms with Gasteiger partial charge < -0.3 is 5.32 Å². The third-order valence-electron chi connectivity index (χ3n) is 4.74. The Hall–Kier alpha value is -1.89. The van der Waals surface area contributed by atoms with Crippen LogP contribution in [0.1, 0.15) is 44.1 Å².